The highest BCUT2D eigenvalue weighted by Gasteiger charge is 2.28. The fourth-order valence-electron chi connectivity index (χ4n) is 1.64. The Bertz CT molecular complexity index is 343. The van der Waals surface area contributed by atoms with Gasteiger partial charge in [0.2, 0.25) is 17.7 Å². The van der Waals surface area contributed by atoms with Gasteiger partial charge in [-0.25, -0.2) is 0 Å². The molecular weight excluding hydrogens is 234 g/mol. The van der Waals surface area contributed by atoms with Crippen LogP contribution in [0.3, 0.4) is 0 Å². The zero-order chi connectivity index (χ0) is 13.7. The monoisotopic (exact) mass is 255 g/mol. The molecule has 0 bridgehead atoms. The van der Waals surface area contributed by atoms with E-state index in [-0.39, 0.29) is 23.6 Å². The molecule has 0 radical (unpaired) electrons. The second-order valence-electron chi connectivity index (χ2n) is 4.68. The van der Waals surface area contributed by atoms with Gasteiger partial charge >= 0.3 is 0 Å². The molecule has 1 fully saturated rings. The van der Waals surface area contributed by atoms with E-state index in [0.717, 1.165) is 6.42 Å². The first-order valence-electron chi connectivity index (χ1n) is 6.34. The molecule has 1 rings (SSSR count). The number of rotatable bonds is 5. The van der Waals surface area contributed by atoms with Crippen LogP contribution in [-0.4, -0.2) is 36.3 Å². The van der Waals surface area contributed by atoms with Crippen LogP contribution in [0.25, 0.3) is 0 Å². The molecule has 102 valence electrons. The van der Waals surface area contributed by atoms with E-state index in [1.165, 1.54) is 0 Å². The topological polar surface area (TPSA) is 87.3 Å². The normalized spacial score (nSPS) is 21.9. The Kier molecular flexibility index (Phi) is 5.12. The number of hydrogen-bond acceptors (Lipinski definition) is 3. The van der Waals surface area contributed by atoms with E-state index in [1.807, 2.05) is 13.8 Å². The van der Waals surface area contributed by atoms with Gasteiger partial charge in [-0.15, -0.1) is 0 Å². The van der Waals surface area contributed by atoms with Crippen molar-refractivity contribution in [1.29, 1.82) is 0 Å². The highest BCUT2D eigenvalue weighted by atomic mass is 16.2. The minimum atomic E-state index is -0.625. The van der Waals surface area contributed by atoms with Crippen LogP contribution in [0, 0.1) is 5.92 Å². The second kappa shape index (κ2) is 6.37. The van der Waals surface area contributed by atoms with Crippen molar-refractivity contribution < 1.29 is 14.4 Å². The molecule has 0 aromatic rings. The summed E-state index contributed by atoms with van der Waals surface area (Å²) < 4.78 is 0. The van der Waals surface area contributed by atoms with Crippen LogP contribution in [0.2, 0.25) is 0 Å². The third kappa shape index (κ3) is 3.72. The molecule has 3 N–H and O–H groups in total. The fourth-order valence-corrected chi connectivity index (χ4v) is 1.64. The Morgan fingerprint density at radius 1 is 1.39 bits per heavy atom. The maximum atomic E-state index is 11.8. The highest BCUT2D eigenvalue weighted by molar-refractivity contribution is 5.92. The molecule has 0 aliphatic carbocycles. The Hall–Kier alpha value is -1.59. The summed E-state index contributed by atoms with van der Waals surface area (Å²) in [5, 5.41) is 7.90. The highest BCUT2D eigenvalue weighted by Crippen LogP contribution is 2.02. The van der Waals surface area contributed by atoms with Crippen LogP contribution in [0.4, 0.5) is 0 Å². The third-order valence-corrected chi connectivity index (χ3v) is 3.18. The summed E-state index contributed by atoms with van der Waals surface area (Å²) in [7, 11) is 0. The molecule has 18 heavy (non-hydrogen) atoms. The molecule has 0 aromatic carbocycles. The summed E-state index contributed by atoms with van der Waals surface area (Å²) in [5.74, 6) is -0.747. The maximum absolute atomic E-state index is 11.8. The Morgan fingerprint density at radius 3 is 2.56 bits per heavy atom. The second-order valence-corrected chi connectivity index (χ2v) is 4.68. The average molecular weight is 255 g/mol. The molecule has 6 heteroatoms. The van der Waals surface area contributed by atoms with Crippen molar-refractivity contribution in [3.63, 3.8) is 0 Å². The van der Waals surface area contributed by atoms with E-state index >= 15 is 0 Å². The predicted molar refractivity (Wildman–Crippen MR) is 66.6 cm³/mol. The van der Waals surface area contributed by atoms with Crippen molar-refractivity contribution in [1.82, 2.24) is 16.0 Å². The van der Waals surface area contributed by atoms with Crippen LogP contribution in [0.1, 0.15) is 33.6 Å². The number of carbonyl (C=O) groups is 3. The molecule has 3 unspecified atom stereocenters. The predicted octanol–water partition coefficient (Wildman–Crippen LogP) is -0.458. The van der Waals surface area contributed by atoms with Crippen LogP contribution in [-0.2, 0) is 14.4 Å². The molecule has 1 heterocycles. The van der Waals surface area contributed by atoms with Crippen LogP contribution >= 0.6 is 0 Å². The molecule has 1 aliphatic heterocycles. The van der Waals surface area contributed by atoms with Crippen molar-refractivity contribution in [2.75, 3.05) is 6.54 Å². The van der Waals surface area contributed by atoms with Crippen LogP contribution < -0.4 is 16.0 Å². The van der Waals surface area contributed by atoms with Crippen molar-refractivity contribution in [3.05, 3.63) is 0 Å². The molecule has 1 aliphatic rings. The van der Waals surface area contributed by atoms with Crippen LogP contribution in [0.15, 0.2) is 0 Å². The summed E-state index contributed by atoms with van der Waals surface area (Å²) >= 11 is 0. The molecule has 1 saturated heterocycles. The Balaban J connectivity index is 2.41. The standard InChI is InChI=1S/C12H21N3O3/c1-4-7(2)10(16)14-8(3)11(17)15-9-5-6-13-12(9)18/h7-9H,4-6H2,1-3H3,(H,13,18)(H,14,16)(H,15,17). The largest absolute Gasteiger partial charge is 0.354 e. The van der Waals surface area contributed by atoms with E-state index in [2.05, 4.69) is 16.0 Å². The smallest absolute Gasteiger partial charge is 0.242 e. The number of hydrogen-bond donors (Lipinski definition) is 3. The first-order valence-corrected chi connectivity index (χ1v) is 6.34. The van der Waals surface area contributed by atoms with Gasteiger partial charge in [-0.1, -0.05) is 13.8 Å². The SMILES string of the molecule is CCC(C)C(=O)NC(C)C(=O)NC1CCNC1=O. The molecule has 3 atom stereocenters. The minimum absolute atomic E-state index is 0.116. The van der Waals surface area contributed by atoms with Gasteiger partial charge in [-0.05, 0) is 19.8 Å². The van der Waals surface area contributed by atoms with E-state index in [4.69, 9.17) is 0 Å². The summed E-state index contributed by atoms with van der Waals surface area (Å²) in [6.45, 7) is 5.92. The van der Waals surface area contributed by atoms with Gasteiger partial charge in [0.25, 0.3) is 0 Å². The molecular formula is C12H21N3O3. The summed E-state index contributed by atoms with van der Waals surface area (Å²) in [6.07, 6.45) is 1.32. The molecule has 6 nitrogen and oxygen atoms in total. The molecule has 3 amide bonds. The van der Waals surface area contributed by atoms with Crippen molar-refractivity contribution in [3.8, 4) is 0 Å². The van der Waals surface area contributed by atoms with Crippen molar-refractivity contribution >= 4 is 17.7 Å². The number of nitrogens with one attached hydrogen (secondary N) is 3. The van der Waals surface area contributed by atoms with Crippen molar-refractivity contribution in [2.24, 2.45) is 5.92 Å². The van der Waals surface area contributed by atoms with Gasteiger partial charge in [0, 0.05) is 12.5 Å². The summed E-state index contributed by atoms with van der Waals surface area (Å²) in [6, 6.07) is -1.10. The first-order chi connectivity index (χ1) is 8.45. The number of amides is 3. The van der Waals surface area contributed by atoms with Gasteiger partial charge in [0.1, 0.15) is 12.1 Å². The molecule has 0 aromatic heterocycles. The van der Waals surface area contributed by atoms with Crippen molar-refractivity contribution in [2.45, 2.75) is 45.7 Å². The summed E-state index contributed by atoms with van der Waals surface area (Å²) in [5.41, 5.74) is 0. The lowest BCUT2D eigenvalue weighted by atomic mass is 10.1. The Morgan fingerprint density at radius 2 is 2.06 bits per heavy atom. The van der Waals surface area contributed by atoms with Gasteiger partial charge in [0.15, 0.2) is 0 Å². The van der Waals surface area contributed by atoms with Gasteiger partial charge < -0.3 is 16.0 Å². The lowest BCUT2D eigenvalue weighted by molar-refractivity contribution is -0.132. The van der Waals surface area contributed by atoms with E-state index < -0.39 is 12.1 Å². The van der Waals surface area contributed by atoms with Gasteiger partial charge in [0.05, 0.1) is 0 Å². The van der Waals surface area contributed by atoms with Gasteiger partial charge in [-0.2, -0.15) is 0 Å². The van der Waals surface area contributed by atoms with Gasteiger partial charge in [-0.3, -0.25) is 14.4 Å². The zero-order valence-corrected chi connectivity index (χ0v) is 11.1. The zero-order valence-electron chi connectivity index (χ0n) is 11.1. The molecule has 0 spiro atoms. The van der Waals surface area contributed by atoms with E-state index in [9.17, 15) is 14.4 Å². The van der Waals surface area contributed by atoms with Crippen LogP contribution in [0.5, 0.6) is 0 Å². The average Bonchev–Trinajstić information content (AvgIpc) is 2.73. The first kappa shape index (κ1) is 14.5. The third-order valence-electron chi connectivity index (χ3n) is 3.18. The Labute approximate surface area is 107 Å². The maximum Gasteiger partial charge on any atom is 0.242 e. The quantitative estimate of drug-likeness (QED) is 0.621. The minimum Gasteiger partial charge on any atom is -0.354 e. The lowest BCUT2D eigenvalue weighted by Gasteiger charge is -2.18. The summed E-state index contributed by atoms with van der Waals surface area (Å²) in [4.78, 5) is 34.7. The molecule has 0 saturated carbocycles. The fraction of sp³-hybridized carbons (Fsp3) is 0.750. The van der Waals surface area contributed by atoms with E-state index in [0.29, 0.717) is 13.0 Å². The van der Waals surface area contributed by atoms with E-state index in [1.54, 1.807) is 6.92 Å². The number of carbonyl (C=O) groups excluding carboxylic acids is 3. The lowest BCUT2D eigenvalue weighted by Crippen LogP contribution is -2.50.